The van der Waals surface area contributed by atoms with E-state index in [2.05, 4.69) is 0 Å². The Kier molecular flexibility index (Phi) is 2.26. The SMILES string of the molecule is O=C(I)N1CC[C@@H](F)C1. The lowest BCUT2D eigenvalue weighted by Gasteiger charge is -2.08. The number of likely N-dealkylation sites (tertiary alicyclic amines) is 1. The smallest absolute Gasteiger partial charge is 0.283 e. The van der Waals surface area contributed by atoms with Gasteiger partial charge in [-0.05, 0) is 6.42 Å². The van der Waals surface area contributed by atoms with E-state index in [1.165, 1.54) is 4.90 Å². The van der Waals surface area contributed by atoms with Crippen molar-refractivity contribution in [2.75, 3.05) is 13.1 Å². The van der Waals surface area contributed by atoms with Crippen LogP contribution in [0.2, 0.25) is 0 Å². The third kappa shape index (κ3) is 1.77. The van der Waals surface area contributed by atoms with Crippen LogP contribution in [0.5, 0.6) is 0 Å². The predicted octanol–water partition coefficient (Wildman–Crippen LogP) is 1.59. The number of hydrogen-bond donors (Lipinski definition) is 0. The molecule has 0 unspecified atom stereocenters. The minimum Gasteiger partial charge on any atom is -0.331 e. The first-order valence-corrected chi connectivity index (χ1v) is 3.86. The van der Waals surface area contributed by atoms with Gasteiger partial charge in [0.05, 0.1) is 6.54 Å². The molecule has 0 spiro atoms. The van der Waals surface area contributed by atoms with E-state index in [9.17, 15) is 9.18 Å². The van der Waals surface area contributed by atoms with Crippen molar-refractivity contribution in [1.82, 2.24) is 4.90 Å². The minimum absolute atomic E-state index is 0.0484. The molecule has 1 rings (SSSR count). The lowest BCUT2D eigenvalue weighted by Crippen LogP contribution is -2.22. The molecule has 0 aromatic rings. The molecule has 0 aromatic carbocycles. The monoisotopic (exact) mass is 243 g/mol. The van der Waals surface area contributed by atoms with E-state index in [-0.39, 0.29) is 3.91 Å². The van der Waals surface area contributed by atoms with Gasteiger partial charge >= 0.3 is 0 Å². The number of carbonyl (C=O) groups excluding carboxylic acids is 1. The van der Waals surface area contributed by atoms with Crippen molar-refractivity contribution in [3.63, 3.8) is 0 Å². The van der Waals surface area contributed by atoms with E-state index in [0.29, 0.717) is 19.5 Å². The number of alkyl halides is 1. The fraction of sp³-hybridized carbons (Fsp3) is 0.800. The van der Waals surface area contributed by atoms with Crippen LogP contribution in [0.3, 0.4) is 0 Å². The average molecular weight is 243 g/mol. The Morgan fingerprint density at radius 2 is 2.44 bits per heavy atom. The predicted molar refractivity (Wildman–Crippen MR) is 40.5 cm³/mol. The summed E-state index contributed by atoms with van der Waals surface area (Å²) in [6.45, 7) is 0.880. The first kappa shape index (κ1) is 7.24. The zero-order chi connectivity index (χ0) is 6.85. The van der Waals surface area contributed by atoms with E-state index < -0.39 is 6.17 Å². The third-order valence-electron chi connectivity index (χ3n) is 1.38. The molecule has 1 aliphatic rings. The second-order valence-electron chi connectivity index (χ2n) is 2.08. The molecule has 0 saturated carbocycles. The van der Waals surface area contributed by atoms with Crippen LogP contribution in [0, 0.1) is 0 Å². The number of amides is 1. The van der Waals surface area contributed by atoms with Crippen LogP contribution in [-0.2, 0) is 0 Å². The fourth-order valence-electron chi connectivity index (χ4n) is 0.877. The summed E-state index contributed by atoms with van der Waals surface area (Å²) in [5.74, 6) is 0. The van der Waals surface area contributed by atoms with E-state index in [0.717, 1.165) is 0 Å². The number of halogens is 2. The zero-order valence-electron chi connectivity index (χ0n) is 4.81. The van der Waals surface area contributed by atoms with Crippen LogP contribution in [0.1, 0.15) is 6.42 Å². The zero-order valence-corrected chi connectivity index (χ0v) is 6.97. The van der Waals surface area contributed by atoms with Gasteiger partial charge in [0.25, 0.3) is 3.91 Å². The molecule has 52 valence electrons. The maximum atomic E-state index is 12.3. The highest BCUT2D eigenvalue weighted by molar-refractivity contribution is 14.1. The summed E-state index contributed by atoms with van der Waals surface area (Å²) in [5.41, 5.74) is 0. The normalized spacial score (nSPS) is 26.9. The summed E-state index contributed by atoms with van der Waals surface area (Å²) in [4.78, 5) is 12.1. The quantitative estimate of drug-likeness (QED) is 0.359. The third-order valence-corrected chi connectivity index (χ3v) is 2.06. The highest BCUT2D eigenvalue weighted by atomic mass is 127. The first-order chi connectivity index (χ1) is 4.20. The summed E-state index contributed by atoms with van der Waals surface area (Å²) in [5, 5.41) is 0. The Labute approximate surface area is 66.5 Å². The van der Waals surface area contributed by atoms with Crippen molar-refractivity contribution in [2.45, 2.75) is 12.6 Å². The Balaban J connectivity index is 2.39. The van der Waals surface area contributed by atoms with E-state index >= 15 is 0 Å². The summed E-state index contributed by atoms with van der Waals surface area (Å²) in [6.07, 6.45) is -0.280. The van der Waals surface area contributed by atoms with Crippen LogP contribution < -0.4 is 0 Å². The Hall–Kier alpha value is 0.130. The van der Waals surface area contributed by atoms with Gasteiger partial charge in [0.15, 0.2) is 0 Å². The maximum Gasteiger partial charge on any atom is 0.283 e. The Bertz CT molecular complexity index is 130. The molecule has 1 amide bonds. The molecule has 4 heteroatoms. The van der Waals surface area contributed by atoms with Crippen molar-refractivity contribution in [3.05, 3.63) is 0 Å². The van der Waals surface area contributed by atoms with Crippen LogP contribution >= 0.6 is 22.6 Å². The van der Waals surface area contributed by atoms with Gasteiger partial charge in [-0.15, -0.1) is 0 Å². The summed E-state index contributed by atoms with van der Waals surface area (Å²) in [6, 6.07) is 0. The standard InChI is InChI=1S/C5H7FINO/c6-4-1-2-8(3-4)5(7)9/h4H,1-3H2/t4-/m1/s1. The van der Waals surface area contributed by atoms with E-state index in [1.807, 2.05) is 0 Å². The molecule has 0 bridgehead atoms. The molecule has 9 heavy (non-hydrogen) atoms. The van der Waals surface area contributed by atoms with Gasteiger partial charge in [0, 0.05) is 29.1 Å². The lowest BCUT2D eigenvalue weighted by atomic mass is 10.4. The first-order valence-electron chi connectivity index (χ1n) is 2.78. The molecule has 0 radical (unpaired) electrons. The van der Waals surface area contributed by atoms with Gasteiger partial charge in [0.1, 0.15) is 6.17 Å². The molecule has 0 aliphatic carbocycles. The van der Waals surface area contributed by atoms with Crippen molar-refractivity contribution in [3.8, 4) is 0 Å². The minimum atomic E-state index is -0.788. The second kappa shape index (κ2) is 2.81. The molecular weight excluding hydrogens is 236 g/mol. The topological polar surface area (TPSA) is 20.3 Å². The van der Waals surface area contributed by atoms with Crippen molar-refractivity contribution in [1.29, 1.82) is 0 Å². The summed E-state index contributed by atoms with van der Waals surface area (Å²) in [7, 11) is 0. The average Bonchev–Trinajstić information content (AvgIpc) is 2.14. The second-order valence-corrected chi connectivity index (χ2v) is 3.01. The van der Waals surface area contributed by atoms with Crippen LogP contribution in [0.25, 0.3) is 0 Å². The summed E-state index contributed by atoms with van der Waals surface area (Å²) >= 11 is 1.67. The summed E-state index contributed by atoms with van der Waals surface area (Å²) < 4.78 is 12.3. The molecule has 0 N–H and O–H groups in total. The van der Waals surface area contributed by atoms with Crippen molar-refractivity contribution in [2.24, 2.45) is 0 Å². The molecule has 1 fully saturated rings. The van der Waals surface area contributed by atoms with Crippen LogP contribution in [0.4, 0.5) is 9.18 Å². The van der Waals surface area contributed by atoms with Crippen LogP contribution in [0.15, 0.2) is 0 Å². The number of nitrogens with zero attached hydrogens (tertiary/aromatic N) is 1. The highest BCUT2D eigenvalue weighted by Gasteiger charge is 2.23. The molecule has 1 aliphatic heterocycles. The molecule has 2 nitrogen and oxygen atoms in total. The van der Waals surface area contributed by atoms with Gasteiger partial charge in [-0.1, -0.05) is 0 Å². The van der Waals surface area contributed by atoms with Crippen LogP contribution in [-0.4, -0.2) is 28.1 Å². The molecule has 1 heterocycles. The van der Waals surface area contributed by atoms with Crippen molar-refractivity contribution < 1.29 is 9.18 Å². The Morgan fingerprint density at radius 1 is 1.78 bits per heavy atom. The fourth-order valence-corrected chi connectivity index (χ4v) is 1.32. The number of carbonyl (C=O) groups is 1. The van der Waals surface area contributed by atoms with Gasteiger partial charge in [-0.2, -0.15) is 0 Å². The lowest BCUT2D eigenvalue weighted by molar-refractivity contribution is 0.231. The van der Waals surface area contributed by atoms with Crippen molar-refractivity contribution >= 4 is 26.5 Å². The Morgan fingerprint density at radius 3 is 2.67 bits per heavy atom. The number of rotatable bonds is 0. The van der Waals surface area contributed by atoms with E-state index in [4.69, 9.17) is 0 Å². The largest absolute Gasteiger partial charge is 0.331 e. The molecule has 0 aromatic heterocycles. The molecular formula is C5H7FINO. The number of hydrogen-bond acceptors (Lipinski definition) is 1. The van der Waals surface area contributed by atoms with Gasteiger partial charge in [-0.25, -0.2) is 4.39 Å². The maximum absolute atomic E-state index is 12.3. The van der Waals surface area contributed by atoms with E-state index in [1.54, 1.807) is 22.6 Å². The molecule has 1 saturated heterocycles. The highest BCUT2D eigenvalue weighted by Crippen LogP contribution is 2.14. The van der Waals surface area contributed by atoms with Gasteiger partial charge in [-0.3, -0.25) is 4.79 Å². The van der Waals surface area contributed by atoms with Gasteiger partial charge < -0.3 is 4.90 Å². The molecule has 1 atom stereocenters. The van der Waals surface area contributed by atoms with Gasteiger partial charge in [0.2, 0.25) is 0 Å².